The summed E-state index contributed by atoms with van der Waals surface area (Å²) in [6.45, 7) is 2.96. The van der Waals surface area contributed by atoms with E-state index < -0.39 is 10.0 Å². The topological polar surface area (TPSA) is 59.5 Å². The first-order valence-electron chi connectivity index (χ1n) is 6.64. The molecule has 1 saturated carbocycles. The van der Waals surface area contributed by atoms with Gasteiger partial charge in [-0.2, -0.15) is 4.31 Å². The van der Waals surface area contributed by atoms with Gasteiger partial charge in [-0.05, 0) is 38.3 Å². The van der Waals surface area contributed by atoms with E-state index in [0.717, 1.165) is 25.0 Å². The molecule has 6 heteroatoms. The summed E-state index contributed by atoms with van der Waals surface area (Å²) < 4.78 is 31.6. The molecule has 2 aliphatic rings. The van der Waals surface area contributed by atoms with Crippen LogP contribution in [0.2, 0.25) is 0 Å². The number of sulfonamides is 1. The van der Waals surface area contributed by atoms with E-state index in [0.29, 0.717) is 18.8 Å². The first-order chi connectivity index (χ1) is 9.05. The fourth-order valence-corrected chi connectivity index (χ4v) is 4.21. The van der Waals surface area contributed by atoms with Crippen molar-refractivity contribution in [1.29, 1.82) is 0 Å². The molecule has 1 aliphatic carbocycles. The molecule has 1 aliphatic heterocycles. The molecule has 0 spiro atoms. The van der Waals surface area contributed by atoms with E-state index in [1.54, 1.807) is 10.5 Å². The van der Waals surface area contributed by atoms with E-state index in [1.807, 2.05) is 19.1 Å². The Bertz CT molecular complexity index is 552. The summed E-state index contributed by atoms with van der Waals surface area (Å²) in [7, 11) is -3.06. The van der Waals surface area contributed by atoms with E-state index >= 15 is 0 Å². The molecule has 104 valence electrons. The van der Waals surface area contributed by atoms with Crippen LogP contribution in [0.25, 0.3) is 0 Å². The van der Waals surface area contributed by atoms with Gasteiger partial charge in [0.15, 0.2) is 0 Å². The van der Waals surface area contributed by atoms with E-state index in [-0.39, 0.29) is 11.4 Å². The number of rotatable bonds is 4. The molecular formula is C13H18N2O3S. The number of hydrogen-bond donors (Lipinski definition) is 0. The predicted octanol–water partition coefficient (Wildman–Crippen LogP) is 1.34. The Hall–Kier alpha value is -1.14. The monoisotopic (exact) mass is 282 g/mol. The van der Waals surface area contributed by atoms with Crippen molar-refractivity contribution < 1.29 is 13.2 Å². The lowest BCUT2D eigenvalue weighted by molar-refractivity contribution is 0.214. The standard InChI is InChI=1S/C13H18N2O3S/c1-10-2-3-11(8-14-10)18-12-6-7-15(9-12)19(16,17)13-4-5-13/h2-3,8,12-13H,4-7,9H2,1H3. The Morgan fingerprint density at radius 3 is 2.74 bits per heavy atom. The second-order valence-electron chi connectivity index (χ2n) is 5.27. The number of aryl methyl sites for hydroxylation is 1. The highest BCUT2D eigenvalue weighted by Crippen LogP contribution is 2.33. The van der Waals surface area contributed by atoms with Crippen molar-refractivity contribution in [2.45, 2.75) is 37.5 Å². The van der Waals surface area contributed by atoms with Crippen LogP contribution in [0, 0.1) is 6.92 Å². The third kappa shape index (κ3) is 2.74. The van der Waals surface area contributed by atoms with E-state index in [1.165, 1.54) is 0 Å². The van der Waals surface area contributed by atoms with Crippen molar-refractivity contribution in [2.24, 2.45) is 0 Å². The lowest BCUT2D eigenvalue weighted by Gasteiger charge is -2.16. The summed E-state index contributed by atoms with van der Waals surface area (Å²) in [4.78, 5) is 4.17. The van der Waals surface area contributed by atoms with Gasteiger partial charge in [-0.25, -0.2) is 8.42 Å². The highest BCUT2D eigenvalue weighted by molar-refractivity contribution is 7.90. The maximum atomic E-state index is 12.1. The Balaban J connectivity index is 1.61. The van der Waals surface area contributed by atoms with Gasteiger partial charge < -0.3 is 4.74 Å². The number of hydrogen-bond acceptors (Lipinski definition) is 4. The van der Waals surface area contributed by atoms with Crippen LogP contribution in [0.5, 0.6) is 5.75 Å². The van der Waals surface area contributed by atoms with Crippen molar-refractivity contribution >= 4 is 10.0 Å². The zero-order chi connectivity index (χ0) is 13.5. The van der Waals surface area contributed by atoms with E-state index in [9.17, 15) is 8.42 Å². The van der Waals surface area contributed by atoms with Gasteiger partial charge in [0, 0.05) is 12.2 Å². The smallest absolute Gasteiger partial charge is 0.217 e. The van der Waals surface area contributed by atoms with Gasteiger partial charge in [-0.3, -0.25) is 4.98 Å². The minimum atomic E-state index is -3.06. The zero-order valence-corrected chi connectivity index (χ0v) is 11.8. The summed E-state index contributed by atoms with van der Waals surface area (Å²) in [5.41, 5.74) is 0.941. The molecule has 0 bridgehead atoms. The molecule has 0 amide bonds. The first-order valence-corrected chi connectivity index (χ1v) is 8.14. The second kappa shape index (κ2) is 4.76. The fourth-order valence-electron chi connectivity index (χ4n) is 2.32. The SMILES string of the molecule is Cc1ccc(OC2CCN(S(=O)(=O)C3CC3)C2)cn1. The van der Waals surface area contributed by atoms with Crippen LogP contribution >= 0.6 is 0 Å². The summed E-state index contributed by atoms with van der Waals surface area (Å²) in [5.74, 6) is 0.710. The van der Waals surface area contributed by atoms with Crippen LogP contribution in [0.15, 0.2) is 18.3 Å². The molecule has 1 aromatic heterocycles. The van der Waals surface area contributed by atoms with Gasteiger partial charge in [-0.15, -0.1) is 0 Å². The van der Waals surface area contributed by atoms with Crippen LogP contribution in [-0.2, 0) is 10.0 Å². The molecule has 1 atom stereocenters. The number of ether oxygens (including phenoxy) is 1. The van der Waals surface area contributed by atoms with Crippen molar-refractivity contribution in [2.75, 3.05) is 13.1 Å². The van der Waals surface area contributed by atoms with Crippen LogP contribution in [0.3, 0.4) is 0 Å². The largest absolute Gasteiger partial charge is 0.487 e. The molecule has 3 rings (SSSR count). The fraction of sp³-hybridized carbons (Fsp3) is 0.615. The van der Waals surface area contributed by atoms with Crippen LogP contribution in [0.4, 0.5) is 0 Å². The van der Waals surface area contributed by atoms with Crippen molar-refractivity contribution in [3.05, 3.63) is 24.0 Å². The van der Waals surface area contributed by atoms with Gasteiger partial charge in [-0.1, -0.05) is 0 Å². The quantitative estimate of drug-likeness (QED) is 0.836. The second-order valence-corrected chi connectivity index (χ2v) is 7.48. The molecule has 1 aromatic rings. The number of aromatic nitrogens is 1. The van der Waals surface area contributed by atoms with Crippen LogP contribution < -0.4 is 4.74 Å². The molecule has 1 unspecified atom stereocenters. The van der Waals surface area contributed by atoms with Gasteiger partial charge in [0.05, 0.1) is 18.0 Å². The third-order valence-corrected chi connectivity index (χ3v) is 5.97. The molecule has 0 radical (unpaired) electrons. The normalized spacial score (nSPS) is 24.6. The minimum absolute atomic E-state index is 0.0574. The van der Waals surface area contributed by atoms with E-state index in [2.05, 4.69) is 4.98 Å². The lowest BCUT2D eigenvalue weighted by atomic mass is 10.3. The Kier molecular flexibility index (Phi) is 3.22. The van der Waals surface area contributed by atoms with Crippen LogP contribution in [0.1, 0.15) is 25.0 Å². The number of nitrogens with zero attached hydrogens (tertiary/aromatic N) is 2. The average molecular weight is 282 g/mol. The number of pyridine rings is 1. The average Bonchev–Trinajstić information content (AvgIpc) is 3.14. The van der Waals surface area contributed by atoms with Gasteiger partial charge >= 0.3 is 0 Å². The van der Waals surface area contributed by atoms with Crippen molar-refractivity contribution in [1.82, 2.24) is 9.29 Å². The highest BCUT2D eigenvalue weighted by Gasteiger charge is 2.43. The Morgan fingerprint density at radius 1 is 1.32 bits per heavy atom. The summed E-state index contributed by atoms with van der Waals surface area (Å²) in [6, 6.07) is 3.77. The maximum Gasteiger partial charge on any atom is 0.217 e. The minimum Gasteiger partial charge on any atom is -0.487 e. The molecule has 19 heavy (non-hydrogen) atoms. The predicted molar refractivity (Wildman–Crippen MR) is 71.5 cm³/mol. The van der Waals surface area contributed by atoms with Crippen molar-refractivity contribution in [3.63, 3.8) is 0 Å². The highest BCUT2D eigenvalue weighted by atomic mass is 32.2. The van der Waals surface area contributed by atoms with Gasteiger partial charge in [0.1, 0.15) is 11.9 Å². The molecular weight excluding hydrogens is 264 g/mol. The zero-order valence-electron chi connectivity index (χ0n) is 10.9. The molecule has 0 aromatic carbocycles. The van der Waals surface area contributed by atoms with Gasteiger partial charge in [0.25, 0.3) is 0 Å². The Labute approximate surface area is 113 Å². The Morgan fingerprint density at radius 2 is 2.11 bits per heavy atom. The molecule has 0 N–H and O–H groups in total. The maximum absolute atomic E-state index is 12.1. The summed E-state index contributed by atoms with van der Waals surface area (Å²) in [6.07, 6.45) is 4.00. The van der Waals surface area contributed by atoms with Gasteiger partial charge in [0.2, 0.25) is 10.0 Å². The summed E-state index contributed by atoms with van der Waals surface area (Å²) in [5, 5.41) is -0.132. The molecule has 2 fully saturated rings. The van der Waals surface area contributed by atoms with Crippen molar-refractivity contribution in [3.8, 4) is 5.75 Å². The molecule has 5 nitrogen and oxygen atoms in total. The first kappa shape index (κ1) is 12.9. The summed E-state index contributed by atoms with van der Waals surface area (Å²) >= 11 is 0. The molecule has 2 heterocycles. The molecule has 1 saturated heterocycles. The van der Waals surface area contributed by atoms with E-state index in [4.69, 9.17) is 4.74 Å². The lowest BCUT2D eigenvalue weighted by Crippen LogP contribution is -2.33. The van der Waals surface area contributed by atoms with Crippen LogP contribution in [-0.4, -0.2) is 42.2 Å². The third-order valence-electron chi connectivity index (χ3n) is 3.60.